The summed E-state index contributed by atoms with van der Waals surface area (Å²) in [5.41, 5.74) is 0.804. The average molecular weight is 363 g/mol. The Morgan fingerprint density at radius 2 is 1.68 bits per heavy atom. The van der Waals surface area contributed by atoms with Crippen molar-refractivity contribution in [2.75, 3.05) is 20.0 Å². The Kier molecular flexibility index (Phi) is 6.03. The maximum Gasteiger partial charge on any atom is 0.258 e. The second kappa shape index (κ2) is 8.02. The normalized spacial score (nSPS) is 12.3. The van der Waals surface area contributed by atoms with Crippen LogP contribution in [0.5, 0.6) is 11.5 Å². The zero-order valence-corrected chi connectivity index (χ0v) is 15.2. The molecule has 0 heterocycles. The maximum atomic E-state index is 12.1. The Balaban J connectivity index is 1.93. The van der Waals surface area contributed by atoms with E-state index in [-0.39, 0.29) is 23.5 Å². The monoisotopic (exact) mass is 363 g/mol. The smallest absolute Gasteiger partial charge is 0.258 e. The van der Waals surface area contributed by atoms with Gasteiger partial charge >= 0.3 is 0 Å². The zero-order chi connectivity index (χ0) is 18.4. The Bertz CT molecular complexity index is 831. The summed E-state index contributed by atoms with van der Waals surface area (Å²) >= 11 is 0. The summed E-state index contributed by atoms with van der Waals surface area (Å²) in [5, 5.41) is 2.81. The van der Waals surface area contributed by atoms with Crippen molar-refractivity contribution in [2.24, 2.45) is 0 Å². The minimum absolute atomic E-state index is 0.147. The molecular formula is C18H21NO5S. The number of benzene rings is 2. The van der Waals surface area contributed by atoms with E-state index in [1.807, 2.05) is 13.0 Å². The van der Waals surface area contributed by atoms with Crippen LogP contribution in [0.3, 0.4) is 0 Å². The fraction of sp³-hybridized carbons (Fsp3) is 0.278. The van der Waals surface area contributed by atoms with Gasteiger partial charge in [-0.05, 0) is 36.8 Å². The third-order valence-corrected chi connectivity index (χ3v) is 4.74. The van der Waals surface area contributed by atoms with Gasteiger partial charge in [0, 0.05) is 6.26 Å². The lowest BCUT2D eigenvalue weighted by Crippen LogP contribution is -2.31. The number of rotatable bonds is 7. The Labute approximate surface area is 147 Å². The standard InChI is InChI=1S/C18H21NO5S/c1-13(14-8-10-15(11-9-14)25(3,21)22)19-18(20)12-24-17-7-5-4-6-16(17)23-2/h4-11,13H,12H2,1-3H3,(H,19,20). The molecule has 0 aliphatic rings. The highest BCUT2D eigenvalue weighted by atomic mass is 32.2. The van der Waals surface area contributed by atoms with Crippen LogP contribution in [0.1, 0.15) is 18.5 Å². The second-order valence-electron chi connectivity index (χ2n) is 5.57. The van der Waals surface area contributed by atoms with Crippen molar-refractivity contribution < 1.29 is 22.7 Å². The summed E-state index contributed by atoms with van der Waals surface area (Å²) in [6, 6.07) is 13.2. The van der Waals surface area contributed by atoms with Crippen molar-refractivity contribution in [3.63, 3.8) is 0 Å². The van der Waals surface area contributed by atoms with Crippen LogP contribution in [-0.4, -0.2) is 34.3 Å². The highest BCUT2D eigenvalue weighted by Gasteiger charge is 2.13. The average Bonchev–Trinajstić information content (AvgIpc) is 2.59. The number of amides is 1. The summed E-state index contributed by atoms with van der Waals surface area (Å²) in [4.78, 5) is 12.3. The molecule has 25 heavy (non-hydrogen) atoms. The first-order chi connectivity index (χ1) is 11.8. The molecule has 7 heteroatoms. The molecule has 1 atom stereocenters. The number of hydrogen-bond acceptors (Lipinski definition) is 5. The van der Waals surface area contributed by atoms with Gasteiger partial charge in [-0.25, -0.2) is 8.42 Å². The van der Waals surface area contributed by atoms with Crippen LogP contribution in [0.4, 0.5) is 0 Å². The van der Waals surface area contributed by atoms with Crippen LogP contribution in [0.2, 0.25) is 0 Å². The van der Waals surface area contributed by atoms with Crippen LogP contribution in [0.25, 0.3) is 0 Å². The van der Waals surface area contributed by atoms with E-state index in [0.717, 1.165) is 11.8 Å². The highest BCUT2D eigenvalue weighted by Crippen LogP contribution is 2.25. The molecule has 2 rings (SSSR count). The lowest BCUT2D eigenvalue weighted by Gasteiger charge is -2.15. The van der Waals surface area contributed by atoms with Crippen LogP contribution >= 0.6 is 0 Å². The number of nitrogens with one attached hydrogen (secondary N) is 1. The van der Waals surface area contributed by atoms with Gasteiger partial charge in [-0.15, -0.1) is 0 Å². The number of carbonyl (C=O) groups is 1. The van der Waals surface area contributed by atoms with Gasteiger partial charge in [-0.2, -0.15) is 0 Å². The SMILES string of the molecule is COc1ccccc1OCC(=O)NC(C)c1ccc(S(C)(=O)=O)cc1. The van der Waals surface area contributed by atoms with E-state index in [2.05, 4.69) is 5.32 Å². The summed E-state index contributed by atoms with van der Waals surface area (Å²) in [7, 11) is -1.70. The number of sulfone groups is 1. The highest BCUT2D eigenvalue weighted by molar-refractivity contribution is 7.90. The van der Waals surface area contributed by atoms with Crippen molar-refractivity contribution in [3.8, 4) is 11.5 Å². The molecule has 1 unspecified atom stereocenters. The van der Waals surface area contributed by atoms with Gasteiger partial charge in [0.15, 0.2) is 27.9 Å². The molecule has 0 saturated carbocycles. The molecule has 0 radical (unpaired) electrons. The maximum absolute atomic E-state index is 12.1. The number of ether oxygens (including phenoxy) is 2. The van der Waals surface area contributed by atoms with Gasteiger partial charge in [-0.3, -0.25) is 4.79 Å². The minimum Gasteiger partial charge on any atom is -0.493 e. The summed E-state index contributed by atoms with van der Waals surface area (Å²) in [5.74, 6) is 0.760. The van der Waals surface area contributed by atoms with Crippen LogP contribution < -0.4 is 14.8 Å². The molecule has 0 saturated heterocycles. The predicted molar refractivity (Wildman–Crippen MR) is 94.6 cm³/mol. The Hall–Kier alpha value is -2.54. The molecule has 0 aromatic heterocycles. The number of hydrogen-bond donors (Lipinski definition) is 1. The number of methoxy groups -OCH3 is 1. The largest absolute Gasteiger partial charge is 0.493 e. The number of para-hydroxylation sites is 2. The molecular weight excluding hydrogens is 342 g/mol. The first-order valence-electron chi connectivity index (χ1n) is 7.66. The fourth-order valence-corrected chi connectivity index (χ4v) is 2.88. The summed E-state index contributed by atoms with van der Waals surface area (Å²) in [6.45, 7) is 1.67. The second-order valence-corrected chi connectivity index (χ2v) is 7.59. The van der Waals surface area contributed by atoms with Crippen LogP contribution in [0.15, 0.2) is 53.4 Å². The first kappa shape index (κ1) is 18.8. The number of carbonyl (C=O) groups excluding carboxylic acids is 1. The fourth-order valence-electron chi connectivity index (χ4n) is 2.25. The van der Waals surface area contributed by atoms with Gasteiger partial charge in [0.1, 0.15) is 0 Å². The lowest BCUT2D eigenvalue weighted by atomic mass is 10.1. The molecule has 0 fully saturated rings. The van der Waals surface area contributed by atoms with Gasteiger partial charge < -0.3 is 14.8 Å². The van der Waals surface area contributed by atoms with Crippen LogP contribution in [-0.2, 0) is 14.6 Å². The zero-order valence-electron chi connectivity index (χ0n) is 14.4. The van der Waals surface area contributed by atoms with Gasteiger partial charge in [0.25, 0.3) is 5.91 Å². The van der Waals surface area contributed by atoms with Crippen molar-refractivity contribution >= 4 is 15.7 Å². The van der Waals surface area contributed by atoms with Crippen molar-refractivity contribution in [1.29, 1.82) is 0 Å². The van der Waals surface area contributed by atoms with E-state index < -0.39 is 9.84 Å². The van der Waals surface area contributed by atoms with Gasteiger partial charge in [0.2, 0.25) is 0 Å². The van der Waals surface area contributed by atoms with Gasteiger partial charge in [-0.1, -0.05) is 24.3 Å². The van der Waals surface area contributed by atoms with Crippen molar-refractivity contribution in [3.05, 3.63) is 54.1 Å². The first-order valence-corrected chi connectivity index (χ1v) is 9.55. The molecule has 0 aliphatic carbocycles. The molecule has 2 aromatic rings. The molecule has 0 bridgehead atoms. The van der Waals surface area contributed by atoms with E-state index in [1.165, 1.54) is 19.2 Å². The van der Waals surface area contributed by atoms with E-state index in [0.29, 0.717) is 11.5 Å². The lowest BCUT2D eigenvalue weighted by molar-refractivity contribution is -0.123. The van der Waals surface area contributed by atoms with E-state index in [9.17, 15) is 13.2 Å². The third-order valence-electron chi connectivity index (χ3n) is 3.61. The molecule has 2 aromatic carbocycles. The van der Waals surface area contributed by atoms with Crippen molar-refractivity contribution in [2.45, 2.75) is 17.9 Å². The quantitative estimate of drug-likeness (QED) is 0.817. The van der Waals surface area contributed by atoms with Crippen LogP contribution in [0, 0.1) is 0 Å². The molecule has 0 spiro atoms. The predicted octanol–water partition coefficient (Wildman–Crippen LogP) is 2.35. The summed E-state index contributed by atoms with van der Waals surface area (Å²) < 4.78 is 33.6. The van der Waals surface area contributed by atoms with E-state index in [1.54, 1.807) is 30.3 Å². The minimum atomic E-state index is -3.23. The topological polar surface area (TPSA) is 81.7 Å². The molecule has 1 N–H and O–H groups in total. The van der Waals surface area contributed by atoms with E-state index >= 15 is 0 Å². The van der Waals surface area contributed by atoms with Crippen molar-refractivity contribution in [1.82, 2.24) is 5.32 Å². The molecule has 6 nitrogen and oxygen atoms in total. The Morgan fingerprint density at radius 3 is 2.24 bits per heavy atom. The third kappa shape index (κ3) is 5.22. The molecule has 1 amide bonds. The molecule has 134 valence electrons. The van der Waals surface area contributed by atoms with Gasteiger partial charge in [0.05, 0.1) is 18.0 Å². The molecule has 0 aliphatic heterocycles. The summed E-state index contributed by atoms with van der Waals surface area (Å²) in [6.07, 6.45) is 1.16. The Morgan fingerprint density at radius 1 is 1.08 bits per heavy atom. The van der Waals surface area contributed by atoms with E-state index in [4.69, 9.17) is 9.47 Å².